The Morgan fingerprint density at radius 2 is 1.80 bits per heavy atom. The maximum Gasteiger partial charge on any atom is 0.115 e. The second kappa shape index (κ2) is 2.58. The highest BCUT2D eigenvalue weighted by Crippen LogP contribution is 2.24. The zero-order valence-electron chi connectivity index (χ0n) is 6.07. The van der Waals surface area contributed by atoms with E-state index in [9.17, 15) is 0 Å². The Morgan fingerprint density at radius 1 is 1.30 bits per heavy atom. The molecular weight excluding hydrogens is 144 g/mol. The highest BCUT2D eigenvalue weighted by molar-refractivity contribution is 7.81. The van der Waals surface area contributed by atoms with Crippen molar-refractivity contribution in [3.05, 3.63) is 24.3 Å². The van der Waals surface area contributed by atoms with Gasteiger partial charge in [-0.15, -0.1) is 0 Å². The van der Waals surface area contributed by atoms with Gasteiger partial charge in [-0.3, -0.25) is 0 Å². The first kappa shape index (κ1) is 7.54. The topological polar surface area (TPSA) is 25.8 Å². The number of hydrogen-bond acceptors (Lipinski definition) is 3. The molecule has 0 amide bonds. The minimum Gasteiger partial charge on any atom is -0.244 e. The Balaban J connectivity index is 2.97. The monoisotopic (exact) mass is 154 g/mol. The molecule has 10 heavy (non-hydrogen) atoms. The summed E-state index contributed by atoms with van der Waals surface area (Å²) in [6.07, 6.45) is 5.07. The molecule has 0 aliphatic heterocycles. The highest BCUT2D eigenvalue weighted by atomic mass is 32.1. The smallest absolute Gasteiger partial charge is 0.115 e. The van der Waals surface area contributed by atoms with Crippen LogP contribution in [-0.2, 0) is 4.75 Å². The Morgan fingerprint density at radius 3 is 2.10 bits per heavy atom. The van der Waals surface area contributed by atoms with Gasteiger partial charge >= 0.3 is 0 Å². The number of thiol groups is 1. The molecule has 1 aromatic heterocycles. The van der Waals surface area contributed by atoms with Gasteiger partial charge in [0.25, 0.3) is 0 Å². The average Bonchev–Trinajstić information content (AvgIpc) is 1.88. The van der Waals surface area contributed by atoms with Gasteiger partial charge in [0.15, 0.2) is 0 Å². The molecule has 0 N–H and O–H groups in total. The van der Waals surface area contributed by atoms with Crippen LogP contribution in [0.2, 0.25) is 0 Å². The zero-order valence-corrected chi connectivity index (χ0v) is 6.97. The summed E-state index contributed by atoms with van der Waals surface area (Å²) in [6.45, 7) is 4.02. The molecule has 0 aromatic carbocycles. The fourth-order valence-electron chi connectivity index (χ4n) is 0.615. The van der Waals surface area contributed by atoms with Crippen LogP contribution in [0.1, 0.15) is 19.4 Å². The van der Waals surface area contributed by atoms with Crippen LogP contribution >= 0.6 is 12.6 Å². The van der Waals surface area contributed by atoms with Crippen molar-refractivity contribution in [3.63, 3.8) is 0 Å². The molecule has 0 radical (unpaired) electrons. The molecule has 0 saturated carbocycles. The van der Waals surface area contributed by atoms with Crippen LogP contribution in [-0.4, -0.2) is 9.97 Å². The van der Waals surface area contributed by atoms with Gasteiger partial charge in [0.1, 0.15) is 6.33 Å². The van der Waals surface area contributed by atoms with E-state index in [1.165, 1.54) is 6.33 Å². The van der Waals surface area contributed by atoms with Crippen molar-refractivity contribution in [3.8, 4) is 0 Å². The molecule has 1 rings (SSSR count). The van der Waals surface area contributed by atoms with Crippen molar-refractivity contribution >= 4 is 12.6 Å². The third kappa shape index (κ3) is 1.70. The van der Waals surface area contributed by atoms with Crippen LogP contribution < -0.4 is 0 Å². The Bertz CT molecular complexity index is 203. The lowest BCUT2D eigenvalue weighted by atomic mass is 10.1. The number of nitrogens with zero attached hydrogens (tertiary/aromatic N) is 2. The summed E-state index contributed by atoms with van der Waals surface area (Å²) in [5, 5.41) is 0. The molecule has 2 nitrogen and oxygen atoms in total. The lowest BCUT2D eigenvalue weighted by Crippen LogP contribution is -2.07. The lowest BCUT2D eigenvalue weighted by molar-refractivity contribution is 0.776. The molecule has 3 heteroatoms. The van der Waals surface area contributed by atoms with Crippen molar-refractivity contribution in [2.75, 3.05) is 0 Å². The predicted octanol–water partition coefficient (Wildman–Crippen LogP) is 1.64. The Hall–Kier alpha value is -0.570. The van der Waals surface area contributed by atoms with E-state index >= 15 is 0 Å². The van der Waals surface area contributed by atoms with Gasteiger partial charge in [-0.1, -0.05) is 0 Å². The van der Waals surface area contributed by atoms with Gasteiger partial charge in [-0.2, -0.15) is 12.6 Å². The Kier molecular flexibility index (Phi) is 1.94. The maximum absolute atomic E-state index is 4.36. The highest BCUT2D eigenvalue weighted by Gasteiger charge is 2.14. The van der Waals surface area contributed by atoms with Crippen LogP contribution in [0.5, 0.6) is 0 Å². The first-order chi connectivity index (χ1) is 4.61. The van der Waals surface area contributed by atoms with Gasteiger partial charge < -0.3 is 0 Å². The summed E-state index contributed by atoms with van der Waals surface area (Å²) in [4.78, 5) is 7.78. The molecule has 0 aliphatic rings. The van der Waals surface area contributed by atoms with E-state index in [0.717, 1.165) is 5.56 Å². The number of rotatable bonds is 1. The van der Waals surface area contributed by atoms with Gasteiger partial charge in [-0.05, 0) is 13.8 Å². The maximum atomic E-state index is 4.36. The average molecular weight is 154 g/mol. The van der Waals surface area contributed by atoms with Gasteiger partial charge in [-0.25, -0.2) is 9.97 Å². The fourth-order valence-corrected chi connectivity index (χ4v) is 0.730. The first-order valence-electron chi connectivity index (χ1n) is 3.08. The van der Waals surface area contributed by atoms with E-state index in [-0.39, 0.29) is 4.75 Å². The molecule has 0 bridgehead atoms. The van der Waals surface area contributed by atoms with Crippen molar-refractivity contribution in [1.29, 1.82) is 0 Å². The Labute approximate surface area is 66.1 Å². The summed E-state index contributed by atoms with van der Waals surface area (Å²) in [5.41, 5.74) is 1.04. The minimum absolute atomic E-state index is 0.138. The molecule has 0 spiro atoms. The third-order valence-electron chi connectivity index (χ3n) is 1.27. The molecule has 0 aliphatic carbocycles. The molecule has 0 saturated heterocycles. The van der Waals surface area contributed by atoms with Crippen LogP contribution in [0.3, 0.4) is 0 Å². The number of aromatic nitrogens is 2. The second-order valence-electron chi connectivity index (χ2n) is 2.69. The first-order valence-corrected chi connectivity index (χ1v) is 3.53. The zero-order chi connectivity index (χ0) is 7.61. The van der Waals surface area contributed by atoms with Gasteiger partial charge in [0.05, 0.1) is 0 Å². The summed E-state index contributed by atoms with van der Waals surface area (Å²) in [6, 6.07) is 0. The van der Waals surface area contributed by atoms with Crippen LogP contribution in [0.25, 0.3) is 0 Å². The molecule has 0 fully saturated rings. The summed E-state index contributed by atoms with van der Waals surface area (Å²) >= 11 is 4.36. The molecule has 1 heterocycles. The third-order valence-corrected chi connectivity index (χ3v) is 1.53. The largest absolute Gasteiger partial charge is 0.244 e. The lowest BCUT2D eigenvalue weighted by Gasteiger charge is -2.15. The van der Waals surface area contributed by atoms with Crippen molar-refractivity contribution < 1.29 is 0 Å². The van der Waals surface area contributed by atoms with Crippen molar-refractivity contribution in [2.45, 2.75) is 18.6 Å². The van der Waals surface area contributed by atoms with Crippen LogP contribution in [0.15, 0.2) is 18.7 Å². The van der Waals surface area contributed by atoms with Gasteiger partial charge in [0.2, 0.25) is 0 Å². The minimum atomic E-state index is -0.138. The van der Waals surface area contributed by atoms with E-state index < -0.39 is 0 Å². The standard InChI is InChI=1S/C7H10N2S/c1-7(2,10)6-3-8-5-9-4-6/h3-5,10H,1-2H3. The van der Waals surface area contributed by atoms with Crippen molar-refractivity contribution in [1.82, 2.24) is 9.97 Å². The number of hydrogen-bond donors (Lipinski definition) is 1. The summed E-state index contributed by atoms with van der Waals surface area (Å²) < 4.78 is -0.138. The molecule has 0 unspecified atom stereocenters. The molecule has 54 valence electrons. The fraction of sp³-hybridized carbons (Fsp3) is 0.429. The molecular formula is C7H10N2S. The normalized spacial score (nSPS) is 11.5. The quantitative estimate of drug-likeness (QED) is 0.622. The SMILES string of the molecule is CC(C)(S)c1cncnc1. The van der Waals surface area contributed by atoms with Gasteiger partial charge in [0, 0.05) is 22.7 Å². The van der Waals surface area contributed by atoms with Crippen molar-refractivity contribution in [2.24, 2.45) is 0 Å². The predicted molar refractivity (Wildman–Crippen MR) is 44.0 cm³/mol. The summed E-state index contributed by atoms with van der Waals surface area (Å²) in [7, 11) is 0. The van der Waals surface area contributed by atoms with E-state index in [4.69, 9.17) is 0 Å². The van der Waals surface area contributed by atoms with E-state index in [2.05, 4.69) is 22.6 Å². The molecule has 0 atom stereocenters. The molecule has 1 aromatic rings. The van der Waals surface area contributed by atoms with E-state index in [1.54, 1.807) is 12.4 Å². The van der Waals surface area contributed by atoms with E-state index in [0.29, 0.717) is 0 Å². The van der Waals surface area contributed by atoms with Crippen LogP contribution in [0.4, 0.5) is 0 Å². The van der Waals surface area contributed by atoms with Crippen LogP contribution in [0, 0.1) is 0 Å². The van der Waals surface area contributed by atoms with E-state index in [1.807, 2.05) is 13.8 Å². The second-order valence-corrected chi connectivity index (χ2v) is 3.80. The summed E-state index contributed by atoms with van der Waals surface area (Å²) in [5.74, 6) is 0.